The van der Waals surface area contributed by atoms with E-state index in [0.29, 0.717) is 43.9 Å². The van der Waals surface area contributed by atoms with Crippen LogP contribution in [-0.2, 0) is 19.1 Å². The molecule has 1 N–H and O–H groups in total. The predicted molar refractivity (Wildman–Crippen MR) is 153 cm³/mol. The number of likely N-dealkylation sites (tertiary alicyclic amines) is 1. The molecule has 3 aliphatic rings. The van der Waals surface area contributed by atoms with Crippen LogP contribution < -0.4 is 9.64 Å². The van der Waals surface area contributed by atoms with Gasteiger partial charge in [0.05, 0.1) is 24.0 Å². The zero-order chi connectivity index (χ0) is 29.2. The summed E-state index contributed by atoms with van der Waals surface area (Å²) in [6, 6.07) is 6.28. The standard InChI is InChI=1S/C31H43N3O6/c1-7-17-32(21(4)5)29(38)26-31-16-15-30(6,40-31)24(25(31)28(37)34(26)19-10-20-35)27(36)33(18-8-2)22-11-13-23(14-12-22)39-9-3/h7-8,11-14,21,24-26,35H,1-2,9-10,15-20H2,3-6H3/t24-,25+,26?,30+,31?/m1/s1. The Kier molecular flexibility index (Phi) is 8.75. The highest BCUT2D eigenvalue weighted by Gasteiger charge is 2.78. The average Bonchev–Trinajstić information content (AvgIpc) is 3.49. The number of hydrogen-bond donors (Lipinski definition) is 1. The monoisotopic (exact) mass is 553 g/mol. The highest BCUT2D eigenvalue weighted by atomic mass is 16.5. The molecule has 0 saturated carbocycles. The summed E-state index contributed by atoms with van der Waals surface area (Å²) in [4.78, 5) is 47.7. The number of nitrogens with zero attached hydrogens (tertiary/aromatic N) is 3. The second-order valence-electron chi connectivity index (χ2n) is 11.4. The van der Waals surface area contributed by atoms with E-state index < -0.39 is 29.1 Å². The van der Waals surface area contributed by atoms with E-state index in [0.717, 1.165) is 0 Å². The molecule has 0 aliphatic carbocycles. The van der Waals surface area contributed by atoms with Gasteiger partial charge in [-0.15, -0.1) is 13.2 Å². The van der Waals surface area contributed by atoms with Crippen LogP contribution in [0.3, 0.4) is 0 Å². The zero-order valence-electron chi connectivity index (χ0n) is 24.2. The topological polar surface area (TPSA) is 99.6 Å². The molecule has 9 nitrogen and oxygen atoms in total. The minimum absolute atomic E-state index is 0.116. The summed E-state index contributed by atoms with van der Waals surface area (Å²) >= 11 is 0. The largest absolute Gasteiger partial charge is 0.494 e. The van der Waals surface area contributed by atoms with Gasteiger partial charge in [0.15, 0.2) is 0 Å². The Morgan fingerprint density at radius 3 is 2.42 bits per heavy atom. The molecule has 2 unspecified atom stereocenters. The molecule has 3 amide bonds. The van der Waals surface area contributed by atoms with Gasteiger partial charge in [-0.3, -0.25) is 14.4 Å². The quantitative estimate of drug-likeness (QED) is 0.377. The number of amides is 3. The summed E-state index contributed by atoms with van der Waals surface area (Å²) in [7, 11) is 0. The van der Waals surface area contributed by atoms with Crippen LogP contribution in [0.4, 0.5) is 5.69 Å². The molecule has 1 aromatic carbocycles. The van der Waals surface area contributed by atoms with Gasteiger partial charge in [-0.1, -0.05) is 12.2 Å². The Morgan fingerprint density at radius 2 is 1.85 bits per heavy atom. The van der Waals surface area contributed by atoms with E-state index in [9.17, 15) is 19.5 Å². The van der Waals surface area contributed by atoms with Gasteiger partial charge in [0.2, 0.25) is 17.7 Å². The van der Waals surface area contributed by atoms with E-state index in [1.54, 1.807) is 26.9 Å². The summed E-state index contributed by atoms with van der Waals surface area (Å²) < 4.78 is 12.3. The smallest absolute Gasteiger partial charge is 0.248 e. The molecular formula is C31H43N3O6. The lowest BCUT2D eigenvalue weighted by Gasteiger charge is -2.38. The lowest BCUT2D eigenvalue weighted by Crippen LogP contribution is -2.57. The fraction of sp³-hybridized carbons (Fsp3) is 0.581. The van der Waals surface area contributed by atoms with E-state index in [1.807, 2.05) is 52.0 Å². The van der Waals surface area contributed by atoms with E-state index in [1.165, 1.54) is 0 Å². The molecule has 3 aliphatic heterocycles. The summed E-state index contributed by atoms with van der Waals surface area (Å²) in [5.41, 5.74) is -1.35. The number of ether oxygens (including phenoxy) is 2. The second-order valence-corrected chi connectivity index (χ2v) is 11.4. The van der Waals surface area contributed by atoms with Crippen molar-refractivity contribution in [3.05, 3.63) is 49.6 Å². The maximum absolute atomic E-state index is 14.4. The number of aliphatic hydroxyl groups excluding tert-OH is 1. The van der Waals surface area contributed by atoms with Gasteiger partial charge in [-0.25, -0.2) is 0 Å². The van der Waals surface area contributed by atoms with Gasteiger partial charge in [0, 0.05) is 38.0 Å². The van der Waals surface area contributed by atoms with Crippen molar-refractivity contribution in [1.82, 2.24) is 9.80 Å². The van der Waals surface area contributed by atoms with Gasteiger partial charge < -0.3 is 29.3 Å². The fourth-order valence-electron chi connectivity index (χ4n) is 6.92. The zero-order valence-corrected chi connectivity index (χ0v) is 24.2. The number of fused-ring (bicyclic) bond motifs is 1. The van der Waals surface area contributed by atoms with Crippen LogP contribution in [0, 0.1) is 11.8 Å². The van der Waals surface area contributed by atoms with Crippen molar-refractivity contribution in [1.29, 1.82) is 0 Å². The van der Waals surface area contributed by atoms with Crippen molar-refractivity contribution in [3.8, 4) is 5.75 Å². The van der Waals surface area contributed by atoms with Gasteiger partial charge in [0.25, 0.3) is 0 Å². The molecule has 218 valence electrons. The van der Waals surface area contributed by atoms with Crippen molar-refractivity contribution in [2.75, 3.05) is 37.7 Å². The fourth-order valence-corrected chi connectivity index (χ4v) is 6.92. The van der Waals surface area contributed by atoms with Gasteiger partial charge >= 0.3 is 0 Å². The van der Waals surface area contributed by atoms with E-state index in [4.69, 9.17) is 9.47 Å². The Labute approximate surface area is 237 Å². The Balaban J connectivity index is 1.76. The first-order valence-corrected chi connectivity index (χ1v) is 14.3. The van der Waals surface area contributed by atoms with E-state index >= 15 is 0 Å². The van der Waals surface area contributed by atoms with Gasteiger partial charge in [0.1, 0.15) is 17.4 Å². The average molecular weight is 554 g/mol. The lowest BCUT2D eigenvalue weighted by molar-refractivity contribution is -0.152. The third-order valence-electron chi connectivity index (χ3n) is 8.60. The van der Waals surface area contributed by atoms with E-state index in [-0.39, 0.29) is 43.5 Å². The number of carbonyl (C=O) groups is 3. The number of aliphatic hydroxyl groups is 1. The first-order chi connectivity index (χ1) is 19.1. The molecule has 0 aromatic heterocycles. The molecule has 9 heteroatoms. The summed E-state index contributed by atoms with van der Waals surface area (Å²) in [5.74, 6) is -1.58. The molecular weight excluding hydrogens is 510 g/mol. The number of rotatable bonds is 13. The Hall–Kier alpha value is -3.17. The van der Waals surface area contributed by atoms with Gasteiger partial charge in [-0.05, 0) is 71.2 Å². The molecule has 3 saturated heterocycles. The Morgan fingerprint density at radius 1 is 1.18 bits per heavy atom. The van der Waals surface area contributed by atoms with Crippen LogP contribution in [-0.4, -0.2) is 88.8 Å². The number of benzene rings is 1. The van der Waals surface area contributed by atoms with Crippen LogP contribution in [0.1, 0.15) is 47.0 Å². The highest BCUT2D eigenvalue weighted by Crippen LogP contribution is 2.63. The van der Waals surface area contributed by atoms with Crippen molar-refractivity contribution < 1.29 is 29.0 Å². The van der Waals surface area contributed by atoms with Crippen LogP contribution in [0.2, 0.25) is 0 Å². The first kappa shape index (κ1) is 29.8. The molecule has 0 radical (unpaired) electrons. The molecule has 5 atom stereocenters. The molecule has 2 bridgehead atoms. The van der Waals surface area contributed by atoms with Crippen LogP contribution >= 0.6 is 0 Å². The molecule has 3 heterocycles. The minimum Gasteiger partial charge on any atom is -0.494 e. The molecule has 3 fully saturated rings. The van der Waals surface area contributed by atoms with Crippen LogP contribution in [0.15, 0.2) is 49.6 Å². The normalized spacial score (nSPS) is 28.5. The number of hydrogen-bond acceptors (Lipinski definition) is 6. The van der Waals surface area contributed by atoms with E-state index in [2.05, 4.69) is 13.2 Å². The van der Waals surface area contributed by atoms with Crippen molar-refractivity contribution >= 4 is 23.4 Å². The molecule has 4 rings (SSSR count). The van der Waals surface area contributed by atoms with Crippen molar-refractivity contribution in [3.63, 3.8) is 0 Å². The molecule has 40 heavy (non-hydrogen) atoms. The van der Waals surface area contributed by atoms with Crippen molar-refractivity contribution in [2.45, 2.75) is 70.2 Å². The first-order valence-electron chi connectivity index (χ1n) is 14.3. The van der Waals surface area contributed by atoms with Gasteiger partial charge in [-0.2, -0.15) is 0 Å². The predicted octanol–water partition coefficient (Wildman–Crippen LogP) is 3.17. The SMILES string of the molecule is C=CCN(C(=O)[C@H]1[C@H]2C(=O)N(CCCO)C(C(=O)N(CC=C)C(C)C)C23CC[C@]1(C)O3)c1ccc(OCC)cc1. The van der Waals surface area contributed by atoms with Crippen LogP contribution in [0.5, 0.6) is 5.75 Å². The third-order valence-corrected chi connectivity index (χ3v) is 8.60. The second kappa shape index (κ2) is 11.7. The maximum atomic E-state index is 14.4. The highest BCUT2D eigenvalue weighted by molar-refractivity contribution is 6.03. The molecule has 1 aromatic rings. The van der Waals surface area contributed by atoms with Crippen molar-refractivity contribution in [2.24, 2.45) is 11.8 Å². The Bertz CT molecular complexity index is 1140. The summed E-state index contributed by atoms with van der Waals surface area (Å²) in [5, 5.41) is 9.59. The summed E-state index contributed by atoms with van der Waals surface area (Å²) in [6.45, 7) is 16.5. The van der Waals surface area contributed by atoms with Crippen LogP contribution in [0.25, 0.3) is 0 Å². The molecule has 1 spiro atoms. The third kappa shape index (κ3) is 4.83. The summed E-state index contributed by atoms with van der Waals surface area (Å²) in [6.07, 6.45) is 4.71. The maximum Gasteiger partial charge on any atom is 0.248 e. The number of anilines is 1. The minimum atomic E-state index is -1.12. The number of carbonyl (C=O) groups excluding carboxylic acids is 3. The lowest BCUT2D eigenvalue weighted by atomic mass is 9.66.